The number of hydrogen-bond acceptors (Lipinski definition) is 3. The van der Waals surface area contributed by atoms with Crippen LogP contribution in [0.2, 0.25) is 5.02 Å². The van der Waals surface area contributed by atoms with Gasteiger partial charge in [0.1, 0.15) is 0 Å². The molecule has 1 aliphatic rings. The standard InChI is InChI=1S/C16H20ClNO2/c1-4-20-16(19)14-10-18(3)11(2)9-13(14)12-7-5-6-8-15(12)17/h5-8,10-11,13H,4,9H2,1-3H3. The lowest BCUT2D eigenvalue weighted by Crippen LogP contribution is -2.34. The third-order valence-corrected chi connectivity index (χ3v) is 4.13. The summed E-state index contributed by atoms with van der Waals surface area (Å²) in [5, 5.41) is 0.699. The molecule has 0 bridgehead atoms. The molecule has 0 aromatic heterocycles. The van der Waals surface area contributed by atoms with Crippen molar-refractivity contribution in [1.29, 1.82) is 0 Å². The molecule has 2 atom stereocenters. The number of ether oxygens (including phenoxy) is 1. The number of benzene rings is 1. The fraction of sp³-hybridized carbons (Fsp3) is 0.438. The van der Waals surface area contributed by atoms with E-state index in [0.29, 0.717) is 23.2 Å². The van der Waals surface area contributed by atoms with E-state index in [-0.39, 0.29) is 11.9 Å². The lowest BCUT2D eigenvalue weighted by molar-refractivity contribution is -0.139. The van der Waals surface area contributed by atoms with Crippen molar-refractivity contribution in [3.8, 4) is 0 Å². The van der Waals surface area contributed by atoms with E-state index in [0.717, 1.165) is 12.0 Å². The lowest BCUT2D eigenvalue weighted by Gasteiger charge is -2.35. The predicted molar refractivity (Wildman–Crippen MR) is 80.8 cm³/mol. The van der Waals surface area contributed by atoms with Crippen LogP contribution in [0.3, 0.4) is 0 Å². The first kappa shape index (κ1) is 14.9. The molecular weight excluding hydrogens is 274 g/mol. The monoisotopic (exact) mass is 293 g/mol. The van der Waals surface area contributed by atoms with Crippen molar-refractivity contribution in [2.24, 2.45) is 0 Å². The zero-order valence-electron chi connectivity index (χ0n) is 12.1. The largest absolute Gasteiger partial charge is 0.463 e. The Morgan fingerprint density at radius 2 is 2.15 bits per heavy atom. The second kappa shape index (κ2) is 6.31. The van der Waals surface area contributed by atoms with Gasteiger partial charge < -0.3 is 9.64 Å². The average molecular weight is 294 g/mol. The molecule has 1 heterocycles. The molecule has 0 radical (unpaired) electrons. The van der Waals surface area contributed by atoms with Crippen LogP contribution < -0.4 is 0 Å². The Kier molecular flexibility index (Phi) is 4.71. The number of rotatable bonds is 3. The molecule has 0 aliphatic carbocycles. The zero-order valence-corrected chi connectivity index (χ0v) is 12.9. The maximum Gasteiger partial charge on any atom is 0.336 e. The van der Waals surface area contributed by atoms with E-state index < -0.39 is 0 Å². The van der Waals surface area contributed by atoms with Crippen molar-refractivity contribution in [2.45, 2.75) is 32.2 Å². The van der Waals surface area contributed by atoms with Crippen LogP contribution in [0.15, 0.2) is 36.0 Å². The molecule has 3 nitrogen and oxygen atoms in total. The smallest absolute Gasteiger partial charge is 0.336 e. The van der Waals surface area contributed by atoms with Gasteiger partial charge in [-0.05, 0) is 31.9 Å². The summed E-state index contributed by atoms with van der Waals surface area (Å²) in [6.07, 6.45) is 2.74. The molecule has 4 heteroatoms. The van der Waals surface area contributed by atoms with Gasteiger partial charge >= 0.3 is 5.97 Å². The summed E-state index contributed by atoms with van der Waals surface area (Å²) in [6, 6.07) is 8.06. The number of carbonyl (C=O) groups is 1. The molecule has 0 saturated heterocycles. The topological polar surface area (TPSA) is 29.5 Å². The Morgan fingerprint density at radius 3 is 2.80 bits per heavy atom. The molecular formula is C16H20ClNO2. The summed E-state index contributed by atoms with van der Waals surface area (Å²) >= 11 is 6.30. The maximum absolute atomic E-state index is 12.2. The first-order valence-corrected chi connectivity index (χ1v) is 7.27. The number of hydrogen-bond donors (Lipinski definition) is 0. The summed E-state index contributed by atoms with van der Waals surface area (Å²) in [7, 11) is 1.98. The van der Waals surface area contributed by atoms with Crippen molar-refractivity contribution in [2.75, 3.05) is 13.7 Å². The predicted octanol–water partition coefficient (Wildman–Crippen LogP) is 3.59. The Labute approximate surface area is 125 Å². The highest BCUT2D eigenvalue weighted by atomic mass is 35.5. The molecule has 2 unspecified atom stereocenters. The van der Waals surface area contributed by atoms with Crippen molar-refractivity contribution >= 4 is 17.6 Å². The molecule has 1 aromatic rings. The highest BCUT2D eigenvalue weighted by Gasteiger charge is 2.32. The van der Waals surface area contributed by atoms with Gasteiger partial charge in [0.15, 0.2) is 0 Å². The number of carbonyl (C=O) groups excluding carboxylic acids is 1. The zero-order chi connectivity index (χ0) is 14.7. The van der Waals surface area contributed by atoms with Crippen LogP contribution in [0.1, 0.15) is 31.7 Å². The van der Waals surface area contributed by atoms with E-state index in [9.17, 15) is 4.79 Å². The van der Waals surface area contributed by atoms with E-state index in [1.165, 1.54) is 0 Å². The summed E-state index contributed by atoms with van der Waals surface area (Å²) in [5.74, 6) is -0.259. The highest BCUT2D eigenvalue weighted by Crippen LogP contribution is 2.38. The van der Waals surface area contributed by atoms with Crippen LogP contribution in [0.25, 0.3) is 0 Å². The molecule has 0 spiro atoms. The minimum absolute atomic E-state index is 0.00560. The van der Waals surface area contributed by atoms with Crippen LogP contribution in [0, 0.1) is 0 Å². The average Bonchev–Trinajstić information content (AvgIpc) is 2.42. The fourth-order valence-electron chi connectivity index (χ4n) is 2.53. The molecule has 0 amide bonds. The Hall–Kier alpha value is -1.48. The molecule has 0 saturated carbocycles. The minimum atomic E-state index is -0.254. The van der Waals surface area contributed by atoms with E-state index in [4.69, 9.17) is 16.3 Å². The second-order valence-corrected chi connectivity index (χ2v) is 5.54. The Bertz CT molecular complexity index is 527. The summed E-state index contributed by atoms with van der Waals surface area (Å²) in [6.45, 7) is 4.34. The molecule has 2 rings (SSSR count). The Morgan fingerprint density at radius 1 is 1.45 bits per heavy atom. The van der Waals surface area contributed by atoms with E-state index in [1.54, 1.807) is 0 Å². The summed E-state index contributed by atoms with van der Waals surface area (Å²) < 4.78 is 5.18. The van der Waals surface area contributed by atoms with Gasteiger partial charge in [-0.2, -0.15) is 0 Å². The Balaban J connectivity index is 2.41. The first-order valence-electron chi connectivity index (χ1n) is 6.89. The summed E-state index contributed by atoms with van der Waals surface area (Å²) in [4.78, 5) is 14.2. The van der Waals surface area contributed by atoms with Gasteiger partial charge in [0, 0.05) is 30.2 Å². The normalized spacial score (nSPS) is 22.4. The van der Waals surface area contributed by atoms with Crippen molar-refractivity contribution < 1.29 is 9.53 Å². The lowest BCUT2D eigenvalue weighted by atomic mass is 9.83. The van der Waals surface area contributed by atoms with Crippen LogP contribution in [-0.4, -0.2) is 30.6 Å². The quantitative estimate of drug-likeness (QED) is 0.798. The number of halogens is 1. The van der Waals surface area contributed by atoms with Crippen LogP contribution >= 0.6 is 11.6 Å². The third-order valence-electron chi connectivity index (χ3n) is 3.78. The maximum atomic E-state index is 12.2. The van der Waals surface area contributed by atoms with Gasteiger partial charge in [-0.15, -0.1) is 0 Å². The van der Waals surface area contributed by atoms with Crippen LogP contribution in [0.4, 0.5) is 0 Å². The van der Waals surface area contributed by atoms with E-state index in [1.807, 2.05) is 44.4 Å². The molecule has 0 N–H and O–H groups in total. The molecule has 1 aliphatic heterocycles. The summed E-state index contributed by atoms with van der Waals surface area (Å²) in [5.41, 5.74) is 1.67. The second-order valence-electron chi connectivity index (χ2n) is 5.13. The van der Waals surface area contributed by atoms with Crippen molar-refractivity contribution in [1.82, 2.24) is 4.90 Å². The van der Waals surface area contributed by atoms with Gasteiger partial charge in [-0.1, -0.05) is 29.8 Å². The molecule has 0 fully saturated rings. The van der Waals surface area contributed by atoms with Gasteiger partial charge in [-0.3, -0.25) is 0 Å². The van der Waals surface area contributed by atoms with Gasteiger partial charge in [0.25, 0.3) is 0 Å². The van der Waals surface area contributed by atoms with Crippen molar-refractivity contribution in [3.63, 3.8) is 0 Å². The molecule has 20 heavy (non-hydrogen) atoms. The number of esters is 1. The highest BCUT2D eigenvalue weighted by molar-refractivity contribution is 6.31. The van der Waals surface area contributed by atoms with Gasteiger partial charge in [-0.25, -0.2) is 4.79 Å². The minimum Gasteiger partial charge on any atom is -0.463 e. The number of nitrogens with zero attached hydrogens (tertiary/aromatic N) is 1. The SMILES string of the molecule is CCOC(=O)C1=CN(C)C(C)CC1c1ccccc1Cl. The van der Waals surface area contributed by atoms with Gasteiger partial charge in [0.2, 0.25) is 0 Å². The molecule has 108 valence electrons. The van der Waals surface area contributed by atoms with Gasteiger partial charge in [0.05, 0.1) is 12.2 Å². The van der Waals surface area contributed by atoms with Crippen LogP contribution in [0.5, 0.6) is 0 Å². The fourth-order valence-corrected chi connectivity index (χ4v) is 2.80. The first-order chi connectivity index (χ1) is 9.54. The van der Waals surface area contributed by atoms with Crippen LogP contribution in [-0.2, 0) is 9.53 Å². The van der Waals surface area contributed by atoms with Crippen molar-refractivity contribution in [3.05, 3.63) is 46.6 Å². The van der Waals surface area contributed by atoms with E-state index in [2.05, 4.69) is 11.8 Å². The molecule has 1 aromatic carbocycles. The third kappa shape index (κ3) is 2.98. The van der Waals surface area contributed by atoms with E-state index >= 15 is 0 Å².